The Morgan fingerprint density at radius 3 is 2.87 bits per heavy atom. The molecule has 1 fully saturated rings. The summed E-state index contributed by atoms with van der Waals surface area (Å²) in [5.41, 5.74) is 2.35. The minimum atomic E-state index is -0.414. The van der Waals surface area contributed by atoms with E-state index in [1.165, 1.54) is 0 Å². The molecule has 0 aliphatic carbocycles. The molecule has 1 saturated heterocycles. The topological polar surface area (TPSA) is 97.6 Å². The summed E-state index contributed by atoms with van der Waals surface area (Å²) in [6, 6.07) is 14.9. The summed E-state index contributed by atoms with van der Waals surface area (Å²) < 4.78 is 10.3. The largest absolute Gasteiger partial charge is 0.496 e. The zero-order valence-electron chi connectivity index (χ0n) is 16.8. The molecule has 2 amide bonds. The summed E-state index contributed by atoms with van der Waals surface area (Å²) in [5.74, 6) is 1.00. The number of aromatic nitrogens is 2. The Morgan fingerprint density at radius 1 is 1.27 bits per heavy atom. The summed E-state index contributed by atoms with van der Waals surface area (Å²) >= 11 is 0. The first-order chi connectivity index (χ1) is 14.5. The van der Waals surface area contributed by atoms with Crippen molar-refractivity contribution >= 4 is 17.5 Å². The number of hydrogen-bond donors (Lipinski definition) is 1. The van der Waals surface area contributed by atoms with Gasteiger partial charge in [0.05, 0.1) is 13.0 Å². The van der Waals surface area contributed by atoms with Gasteiger partial charge in [-0.15, -0.1) is 0 Å². The SMILES string of the molecule is COc1ccccc1CNC(=O)[C@H]1CC(=O)N(c2cccc(-c3noc(C)n3)c2)C1. The predicted molar refractivity (Wildman–Crippen MR) is 110 cm³/mol. The summed E-state index contributed by atoms with van der Waals surface area (Å²) in [6.45, 7) is 2.39. The van der Waals surface area contributed by atoms with Crippen LogP contribution in [-0.2, 0) is 16.1 Å². The maximum Gasteiger partial charge on any atom is 0.227 e. The van der Waals surface area contributed by atoms with E-state index in [4.69, 9.17) is 9.26 Å². The second-order valence-electron chi connectivity index (χ2n) is 7.12. The van der Waals surface area contributed by atoms with Gasteiger partial charge in [0.15, 0.2) is 0 Å². The van der Waals surface area contributed by atoms with E-state index < -0.39 is 5.92 Å². The molecule has 8 nitrogen and oxygen atoms in total. The number of rotatable bonds is 6. The first-order valence-electron chi connectivity index (χ1n) is 9.66. The number of methoxy groups -OCH3 is 1. The number of ether oxygens (including phenoxy) is 1. The van der Waals surface area contributed by atoms with Crippen LogP contribution in [0.25, 0.3) is 11.4 Å². The van der Waals surface area contributed by atoms with Crippen molar-refractivity contribution in [3.05, 3.63) is 60.0 Å². The zero-order chi connectivity index (χ0) is 21.1. The van der Waals surface area contributed by atoms with Crippen molar-refractivity contribution in [3.63, 3.8) is 0 Å². The van der Waals surface area contributed by atoms with Gasteiger partial charge < -0.3 is 19.5 Å². The maximum atomic E-state index is 12.7. The van der Waals surface area contributed by atoms with Crippen molar-refractivity contribution in [2.45, 2.75) is 19.9 Å². The number of amides is 2. The van der Waals surface area contributed by atoms with Gasteiger partial charge in [-0.3, -0.25) is 9.59 Å². The molecule has 154 valence electrons. The highest BCUT2D eigenvalue weighted by molar-refractivity contribution is 6.00. The number of para-hydroxylation sites is 1. The van der Waals surface area contributed by atoms with Gasteiger partial charge in [-0.25, -0.2) is 0 Å². The lowest BCUT2D eigenvalue weighted by Crippen LogP contribution is -2.32. The lowest BCUT2D eigenvalue weighted by Gasteiger charge is -2.17. The molecule has 1 aliphatic heterocycles. The molecular formula is C22H22N4O4. The van der Waals surface area contributed by atoms with Crippen LogP contribution in [0, 0.1) is 12.8 Å². The van der Waals surface area contributed by atoms with Crippen LogP contribution < -0.4 is 15.0 Å². The number of nitrogens with one attached hydrogen (secondary N) is 1. The highest BCUT2D eigenvalue weighted by Gasteiger charge is 2.35. The van der Waals surface area contributed by atoms with E-state index in [-0.39, 0.29) is 18.2 Å². The van der Waals surface area contributed by atoms with Gasteiger partial charge in [-0.05, 0) is 18.2 Å². The molecule has 2 heterocycles. The average Bonchev–Trinajstić information content (AvgIpc) is 3.38. The first-order valence-corrected chi connectivity index (χ1v) is 9.66. The zero-order valence-corrected chi connectivity index (χ0v) is 16.8. The van der Waals surface area contributed by atoms with Crippen LogP contribution in [-0.4, -0.2) is 35.6 Å². The van der Waals surface area contributed by atoms with Gasteiger partial charge in [0.1, 0.15) is 5.75 Å². The highest BCUT2D eigenvalue weighted by atomic mass is 16.5. The molecule has 0 saturated carbocycles. The van der Waals surface area contributed by atoms with Crippen molar-refractivity contribution in [3.8, 4) is 17.1 Å². The van der Waals surface area contributed by atoms with E-state index in [9.17, 15) is 9.59 Å². The van der Waals surface area contributed by atoms with E-state index in [0.29, 0.717) is 30.5 Å². The van der Waals surface area contributed by atoms with Crippen molar-refractivity contribution < 1.29 is 18.8 Å². The van der Waals surface area contributed by atoms with Gasteiger partial charge in [0.2, 0.25) is 23.5 Å². The van der Waals surface area contributed by atoms with Crippen LogP contribution in [0.5, 0.6) is 5.75 Å². The van der Waals surface area contributed by atoms with Gasteiger partial charge in [0, 0.05) is 43.2 Å². The standard InChI is InChI=1S/C22H22N4O4/c1-14-24-21(25-30-14)15-7-5-8-18(10-15)26-13-17(11-20(26)27)22(28)23-12-16-6-3-4-9-19(16)29-2/h3-10,17H,11-13H2,1-2H3,(H,23,28)/t17-/m0/s1. The normalized spacial score (nSPS) is 16.0. The van der Waals surface area contributed by atoms with E-state index in [1.807, 2.05) is 48.5 Å². The van der Waals surface area contributed by atoms with Gasteiger partial charge in [0.25, 0.3) is 0 Å². The molecule has 1 aliphatic rings. The summed E-state index contributed by atoms with van der Waals surface area (Å²) in [5, 5.41) is 6.84. The van der Waals surface area contributed by atoms with E-state index in [0.717, 1.165) is 16.9 Å². The summed E-state index contributed by atoms with van der Waals surface area (Å²) in [6.07, 6.45) is 0.170. The molecule has 0 spiro atoms. The van der Waals surface area contributed by atoms with E-state index >= 15 is 0 Å². The Labute approximate surface area is 173 Å². The minimum Gasteiger partial charge on any atom is -0.496 e. The Bertz CT molecular complexity index is 1080. The fourth-order valence-electron chi connectivity index (χ4n) is 3.54. The molecule has 0 unspecified atom stereocenters. The van der Waals surface area contributed by atoms with Crippen LogP contribution in [0.4, 0.5) is 5.69 Å². The Hall–Kier alpha value is -3.68. The van der Waals surface area contributed by atoms with Crippen molar-refractivity contribution in [1.82, 2.24) is 15.5 Å². The van der Waals surface area contributed by atoms with Crippen molar-refractivity contribution in [2.24, 2.45) is 5.92 Å². The molecule has 1 aromatic heterocycles. The molecule has 4 rings (SSSR count). The molecule has 3 aromatic rings. The number of anilines is 1. The Kier molecular flexibility index (Phi) is 5.47. The van der Waals surface area contributed by atoms with Crippen LogP contribution in [0.1, 0.15) is 17.9 Å². The van der Waals surface area contributed by atoms with Crippen LogP contribution >= 0.6 is 0 Å². The second kappa shape index (κ2) is 8.36. The van der Waals surface area contributed by atoms with E-state index in [1.54, 1.807) is 18.9 Å². The monoisotopic (exact) mass is 406 g/mol. The lowest BCUT2D eigenvalue weighted by atomic mass is 10.1. The third-order valence-electron chi connectivity index (χ3n) is 5.09. The smallest absolute Gasteiger partial charge is 0.227 e. The Morgan fingerprint density at radius 2 is 2.10 bits per heavy atom. The number of nitrogens with zero attached hydrogens (tertiary/aromatic N) is 3. The molecule has 30 heavy (non-hydrogen) atoms. The first kappa shape index (κ1) is 19.6. The summed E-state index contributed by atoms with van der Waals surface area (Å²) in [7, 11) is 1.60. The summed E-state index contributed by atoms with van der Waals surface area (Å²) in [4.78, 5) is 31.1. The van der Waals surface area contributed by atoms with Gasteiger partial charge in [-0.1, -0.05) is 35.5 Å². The molecule has 0 radical (unpaired) electrons. The van der Waals surface area contributed by atoms with Crippen LogP contribution in [0.15, 0.2) is 53.1 Å². The molecular weight excluding hydrogens is 384 g/mol. The fraction of sp³-hybridized carbons (Fsp3) is 0.273. The fourth-order valence-corrected chi connectivity index (χ4v) is 3.54. The van der Waals surface area contributed by atoms with Crippen LogP contribution in [0.2, 0.25) is 0 Å². The lowest BCUT2D eigenvalue weighted by molar-refractivity contribution is -0.126. The number of aryl methyl sites for hydroxylation is 1. The predicted octanol–water partition coefficient (Wildman–Crippen LogP) is 2.72. The number of hydrogen-bond acceptors (Lipinski definition) is 6. The molecule has 0 bridgehead atoms. The highest BCUT2D eigenvalue weighted by Crippen LogP contribution is 2.28. The third kappa shape index (κ3) is 4.03. The van der Waals surface area contributed by atoms with Crippen LogP contribution in [0.3, 0.4) is 0 Å². The van der Waals surface area contributed by atoms with E-state index in [2.05, 4.69) is 15.5 Å². The molecule has 8 heteroatoms. The molecule has 1 atom stereocenters. The number of carbonyl (C=O) groups is 2. The number of benzene rings is 2. The van der Waals surface area contributed by atoms with Gasteiger partial charge in [-0.2, -0.15) is 4.98 Å². The minimum absolute atomic E-state index is 0.0890. The third-order valence-corrected chi connectivity index (χ3v) is 5.09. The average molecular weight is 406 g/mol. The Balaban J connectivity index is 1.43. The van der Waals surface area contributed by atoms with Crippen molar-refractivity contribution in [2.75, 3.05) is 18.6 Å². The number of carbonyl (C=O) groups excluding carboxylic acids is 2. The quantitative estimate of drug-likeness (QED) is 0.676. The molecule has 1 N–H and O–H groups in total. The second-order valence-corrected chi connectivity index (χ2v) is 7.12. The molecule has 2 aromatic carbocycles. The van der Waals surface area contributed by atoms with Crippen molar-refractivity contribution in [1.29, 1.82) is 0 Å². The maximum absolute atomic E-state index is 12.7. The van der Waals surface area contributed by atoms with Gasteiger partial charge >= 0.3 is 0 Å².